The summed E-state index contributed by atoms with van der Waals surface area (Å²) in [4.78, 5) is 21.1. The third-order valence-corrected chi connectivity index (χ3v) is 32.2. The fourth-order valence-corrected chi connectivity index (χ4v) is 27.9. The average molecular weight is 1380 g/mol. The maximum absolute atomic E-state index is 4.57. The number of likely N-dealkylation sites (tertiary alicyclic amines) is 8. The Hall–Kier alpha value is -8.16. The Bertz CT molecular complexity index is 5100. The first-order valence-electron chi connectivity index (χ1n) is 39.5. The molecule has 0 spiro atoms. The van der Waals surface area contributed by atoms with Gasteiger partial charge in [-0.3, -0.25) is 39.2 Å². The number of likely N-dealkylation sites (N-methyl/N-ethyl adjacent to an activating group) is 8. The van der Waals surface area contributed by atoms with Crippen molar-refractivity contribution in [2.24, 2.45) is 0 Å². The monoisotopic (exact) mass is 1380 g/mol. The maximum atomic E-state index is 4.57. The lowest BCUT2D eigenvalue weighted by molar-refractivity contribution is 0.147. The SMILES string of the molecule is CN1CCC2(c3cccc4c3NC3N(C)CCC43c3cccc4c3NC3N(C)CCC43c3cccc4c3NC3N(C)CCC43c3cccc4c3NC3N(C)CCC43c3cccc4c3NC3N(C)CCC43C34CCN(C)C3Nc3c(C56CCN(C)C5Nc5ccccc56)cccc34)c3ccccc3NC12. The van der Waals surface area contributed by atoms with E-state index >= 15 is 0 Å². The van der Waals surface area contributed by atoms with E-state index < -0.39 is 0 Å². The highest BCUT2D eigenvalue weighted by molar-refractivity contribution is 5.87. The number of hydrogen-bond acceptors (Lipinski definition) is 16. The number of nitrogens with one attached hydrogen (secondary N) is 8. The molecule has 0 amide bonds. The van der Waals surface area contributed by atoms with Crippen LogP contribution in [0, 0.1) is 0 Å². The second-order valence-corrected chi connectivity index (χ2v) is 35.5. The van der Waals surface area contributed by atoms with Crippen LogP contribution in [0.25, 0.3) is 0 Å². The molecule has 0 radical (unpaired) electrons. The van der Waals surface area contributed by atoms with Gasteiger partial charge in [0.2, 0.25) is 0 Å². The van der Waals surface area contributed by atoms with Crippen LogP contribution < -0.4 is 42.5 Å². The average Bonchev–Trinajstić information content (AvgIpc) is 1.48. The van der Waals surface area contributed by atoms with Crippen LogP contribution in [-0.2, 0) is 43.3 Å². The van der Waals surface area contributed by atoms with Crippen LogP contribution >= 0.6 is 0 Å². The maximum Gasteiger partial charge on any atom is 0.0933 e. The number of fused-ring (bicyclic) bond motifs is 25. The summed E-state index contributed by atoms with van der Waals surface area (Å²) in [6.45, 7) is 8.26. The van der Waals surface area contributed by atoms with Gasteiger partial charge < -0.3 is 42.5 Å². The molecule has 24 rings (SSSR count). The van der Waals surface area contributed by atoms with E-state index in [0.717, 1.165) is 104 Å². The molecule has 8 aromatic carbocycles. The van der Waals surface area contributed by atoms with Gasteiger partial charge in [0.1, 0.15) is 0 Å². The molecule has 16 nitrogen and oxygen atoms in total. The van der Waals surface area contributed by atoms with Gasteiger partial charge in [-0.1, -0.05) is 146 Å². The Morgan fingerprint density at radius 2 is 0.385 bits per heavy atom. The van der Waals surface area contributed by atoms with Crippen LogP contribution in [-0.4, -0.2) is 197 Å². The Balaban J connectivity index is 0.636. The summed E-state index contributed by atoms with van der Waals surface area (Å²) in [6, 6.07) is 63.4. The zero-order chi connectivity index (χ0) is 69.3. The van der Waals surface area contributed by atoms with Gasteiger partial charge in [0.05, 0.1) is 81.8 Å². The molecule has 104 heavy (non-hydrogen) atoms. The summed E-state index contributed by atoms with van der Waals surface area (Å²) < 4.78 is 0. The van der Waals surface area contributed by atoms with E-state index in [-0.39, 0.29) is 92.6 Å². The van der Waals surface area contributed by atoms with E-state index in [2.05, 4.69) is 296 Å². The molecule has 530 valence electrons. The van der Waals surface area contributed by atoms with Gasteiger partial charge in [0, 0.05) is 109 Å². The summed E-state index contributed by atoms with van der Waals surface area (Å²) in [5.41, 5.74) is 29.2. The fraction of sp³-hybridized carbons (Fsp3) is 0.455. The Morgan fingerprint density at radius 3 is 0.654 bits per heavy atom. The Labute approximate surface area is 612 Å². The second-order valence-electron chi connectivity index (χ2n) is 35.5. The van der Waals surface area contributed by atoms with E-state index in [9.17, 15) is 0 Å². The molecule has 0 aromatic heterocycles. The molecular weight excluding hydrogens is 1280 g/mol. The van der Waals surface area contributed by atoms with Crippen molar-refractivity contribution in [3.63, 3.8) is 0 Å². The number of para-hydroxylation sites is 8. The van der Waals surface area contributed by atoms with Crippen molar-refractivity contribution in [2.75, 3.05) is 151 Å². The van der Waals surface area contributed by atoms with E-state index in [1.807, 2.05) is 0 Å². The highest BCUT2D eigenvalue weighted by Gasteiger charge is 2.74. The second kappa shape index (κ2) is 20.1. The molecule has 0 saturated carbocycles. The van der Waals surface area contributed by atoms with Crippen LogP contribution in [0.1, 0.15) is 129 Å². The van der Waals surface area contributed by atoms with Gasteiger partial charge in [0.15, 0.2) is 0 Å². The van der Waals surface area contributed by atoms with E-state index in [4.69, 9.17) is 0 Å². The highest BCUT2D eigenvalue weighted by atomic mass is 15.4. The third-order valence-electron chi connectivity index (χ3n) is 32.2. The van der Waals surface area contributed by atoms with Crippen LogP contribution in [0.3, 0.4) is 0 Å². The first kappa shape index (κ1) is 61.0. The number of anilines is 8. The van der Waals surface area contributed by atoms with Gasteiger partial charge >= 0.3 is 0 Å². The number of rotatable bonds is 7. The first-order valence-corrected chi connectivity index (χ1v) is 39.5. The van der Waals surface area contributed by atoms with Crippen LogP contribution in [0.15, 0.2) is 158 Å². The third kappa shape index (κ3) is 6.57. The number of hydrogen-bond donors (Lipinski definition) is 8. The topological polar surface area (TPSA) is 122 Å². The first-order chi connectivity index (χ1) is 50.7. The number of benzene rings is 8. The van der Waals surface area contributed by atoms with Gasteiger partial charge in [-0.05, 0) is 198 Å². The summed E-state index contributed by atoms with van der Waals surface area (Å²) in [6.07, 6.45) is 9.48. The van der Waals surface area contributed by atoms with Crippen molar-refractivity contribution in [3.8, 4) is 0 Å². The van der Waals surface area contributed by atoms with Crippen LogP contribution in [0.4, 0.5) is 45.5 Å². The summed E-state index contributed by atoms with van der Waals surface area (Å²) in [5, 5.41) is 35.0. The van der Waals surface area contributed by atoms with E-state index in [0.29, 0.717) is 0 Å². The van der Waals surface area contributed by atoms with Gasteiger partial charge in [-0.15, -0.1) is 0 Å². The predicted molar refractivity (Wildman–Crippen MR) is 417 cm³/mol. The predicted octanol–water partition coefficient (Wildman–Crippen LogP) is 11.3. The normalized spacial score (nSPS) is 38.2. The van der Waals surface area contributed by atoms with Crippen molar-refractivity contribution in [2.45, 2.75) is 144 Å². The Morgan fingerprint density at radius 1 is 0.202 bits per heavy atom. The molecule has 16 aliphatic heterocycles. The molecule has 8 aromatic rings. The molecule has 16 atom stereocenters. The van der Waals surface area contributed by atoms with Gasteiger partial charge in [0.25, 0.3) is 0 Å². The van der Waals surface area contributed by atoms with E-state index in [1.54, 1.807) is 0 Å². The Kier molecular flexibility index (Phi) is 11.8. The van der Waals surface area contributed by atoms with Gasteiger partial charge in [-0.2, -0.15) is 0 Å². The zero-order valence-electron chi connectivity index (χ0n) is 61.5. The largest absolute Gasteiger partial charge is 0.368 e. The van der Waals surface area contributed by atoms with Crippen molar-refractivity contribution in [1.82, 2.24) is 39.2 Å². The molecular formula is C88H98N16. The van der Waals surface area contributed by atoms with Crippen LogP contribution in [0.5, 0.6) is 0 Å². The molecule has 0 bridgehead atoms. The lowest BCUT2D eigenvalue weighted by Gasteiger charge is -2.48. The number of nitrogens with zero attached hydrogens (tertiary/aromatic N) is 8. The van der Waals surface area contributed by atoms with Crippen LogP contribution in [0.2, 0.25) is 0 Å². The van der Waals surface area contributed by atoms with Crippen molar-refractivity contribution >= 4 is 45.5 Å². The lowest BCUT2D eigenvalue weighted by atomic mass is 9.54. The summed E-state index contributed by atoms with van der Waals surface area (Å²) in [7, 11) is 19.0. The minimum absolute atomic E-state index is 0.0669. The highest BCUT2D eigenvalue weighted by Crippen LogP contribution is 2.72. The molecule has 8 N–H and O–H groups in total. The van der Waals surface area contributed by atoms with Gasteiger partial charge in [-0.25, -0.2) is 0 Å². The zero-order valence-corrected chi connectivity index (χ0v) is 61.5. The lowest BCUT2D eigenvalue weighted by Crippen LogP contribution is -2.60. The van der Waals surface area contributed by atoms with Crippen molar-refractivity contribution in [1.29, 1.82) is 0 Å². The summed E-state index contributed by atoms with van der Waals surface area (Å²) >= 11 is 0. The standard InChI is InChI=1S/C88H98N16/c1-97-43-35-81(51-19-9-11-33-65(51)89-73(81)97)53-21-13-22-54-67(53)91-75-83(54,37-45-99(75)3)55-23-14-24-56-68(55)92-76-84(56,38-46-100(76)4)57-25-15-26-58-69(57)93-77-85(58,39-47-101(77)5)59-27-16-28-60-70(59)94-78-86(60,40-48-102(78)6)62-30-18-32-64-72(62)96-80-88(64,42-50-104(80)8)87-41-49-103(7)79(87)95-71-61(29-17-31-63(71)87)82-36-44-98(2)74(82)90-66-34-12-10-20-52(66)82/h9-34,73-80,89-96H,35-50H2,1-8H3. The van der Waals surface area contributed by atoms with Crippen molar-refractivity contribution < 1.29 is 0 Å². The summed E-state index contributed by atoms with van der Waals surface area (Å²) in [5.74, 6) is 0. The molecule has 8 saturated heterocycles. The molecule has 16 heterocycles. The molecule has 16 unspecified atom stereocenters. The molecule has 16 aliphatic rings. The smallest absolute Gasteiger partial charge is 0.0933 e. The fourth-order valence-electron chi connectivity index (χ4n) is 27.9. The minimum Gasteiger partial charge on any atom is -0.368 e. The van der Waals surface area contributed by atoms with Crippen molar-refractivity contribution in [3.05, 3.63) is 236 Å². The van der Waals surface area contributed by atoms with E-state index in [1.165, 1.54) is 123 Å². The quantitative estimate of drug-likeness (QED) is 0.0772. The molecule has 8 fully saturated rings. The molecule has 0 aliphatic carbocycles. The minimum atomic E-state index is -0.320. The molecule has 16 heteroatoms.